The number of aryl methyl sites for hydroxylation is 1. The van der Waals surface area contributed by atoms with Crippen molar-refractivity contribution in [3.05, 3.63) is 42.1 Å². The van der Waals surface area contributed by atoms with Crippen molar-refractivity contribution in [2.24, 2.45) is 0 Å². The lowest BCUT2D eigenvalue weighted by molar-refractivity contribution is 0.0989. The highest BCUT2D eigenvalue weighted by Gasteiger charge is 2.12. The Kier molecular flexibility index (Phi) is 2.45. The molecule has 5 nitrogen and oxygen atoms in total. The van der Waals surface area contributed by atoms with Gasteiger partial charge in [0.05, 0.1) is 0 Å². The fraction of sp³-hybridized carbons (Fsp3) is 0.100. The Morgan fingerprint density at radius 1 is 1.27 bits per heavy atom. The number of carbonyl (C=O) groups excluding carboxylic acids is 1. The first-order valence-corrected chi connectivity index (χ1v) is 4.42. The molecule has 0 radical (unpaired) electrons. The fourth-order valence-corrected chi connectivity index (χ4v) is 1.09. The Labute approximate surface area is 86.1 Å². The topological polar surface area (TPSA) is 68.0 Å². The molecule has 2 rings (SSSR count). The normalized spacial score (nSPS) is 9.93. The number of amides is 1. The van der Waals surface area contributed by atoms with Crippen molar-refractivity contribution in [1.29, 1.82) is 0 Å². The minimum atomic E-state index is -0.401. The van der Waals surface area contributed by atoms with Gasteiger partial charge in [-0.25, -0.2) is 0 Å². The summed E-state index contributed by atoms with van der Waals surface area (Å²) in [6.07, 6.45) is 0. The largest absolute Gasteiger partial charge is 0.417 e. The lowest BCUT2D eigenvalue weighted by Crippen LogP contribution is -2.12. The summed E-state index contributed by atoms with van der Waals surface area (Å²) in [4.78, 5) is 11.5. The Bertz CT molecular complexity index is 465. The number of para-hydroxylation sites is 1. The first-order valence-electron chi connectivity index (χ1n) is 4.42. The minimum absolute atomic E-state index is 0.0312. The maximum atomic E-state index is 11.5. The van der Waals surface area contributed by atoms with Gasteiger partial charge in [0.15, 0.2) is 0 Å². The van der Waals surface area contributed by atoms with Gasteiger partial charge in [-0.1, -0.05) is 18.2 Å². The molecule has 5 heteroatoms. The van der Waals surface area contributed by atoms with Gasteiger partial charge in [0.1, 0.15) is 0 Å². The summed E-state index contributed by atoms with van der Waals surface area (Å²) < 4.78 is 4.98. The van der Waals surface area contributed by atoms with E-state index in [2.05, 4.69) is 15.5 Å². The van der Waals surface area contributed by atoms with Crippen molar-refractivity contribution in [2.45, 2.75) is 6.92 Å². The molecule has 76 valence electrons. The van der Waals surface area contributed by atoms with E-state index < -0.39 is 5.91 Å². The average Bonchev–Trinajstić information content (AvgIpc) is 2.66. The number of hydrogen-bond donors (Lipinski definition) is 1. The highest BCUT2D eigenvalue weighted by atomic mass is 16.4. The molecule has 0 fully saturated rings. The predicted octanol–water partition coefficient (Wildman–Crippen LogP) is 1.63. The van der Waals surface area contributed by atoms with E-state index in [4.69, 9.17) is 4.42 Å². The maximum absolute atomic E-state index is 11.5. The number of benzene rings is 1. The summed E-state index contributed by atoms with van der Waals surface area (Å²) in [5, 5.41) is 9.82. The second kappa shape index (κ2) is 3.91. The average molecular weight is 203 g/mol. The number of anilines is 1. The summed E-state index contributed by atoms with van der Waals surface area (Å²) in [5.74, 6) is -0.0636. The zero-order valence-electron chi connectivity index (χ0n) is 8.10. The Morgan fingerprint density at radius 2 is 2.00 bits per heavy atom. The number of rotatable bonds is 2. The van der Waals surface area contributed by atoms with Gasteiger partial charge in [-0.05, 0) is 12.1 Å². The van der Waals surface area contributed by atoms with Crippen molar-refractivity contribution in [1.82, 2.24) is 10.2 Å². The molecule has 0 saturated carbocycles. The molecule has 0 saturated heterocycles. The highest BCUT2D eigenvalue weighted by molar-refractivity contribution is 6.00. The lowest BCUT2D eigenvalue weighted by Gasteiger charge is -2.00. The zero-order valence-corrected chi connectivity index (χ0v) is 8.10. The van der Waals surface area contributed by atoms with Crippen LogP contribution in [0.25, 0.3) is 0 Å². The van der Waals surface area contributed by atoms with Crippen LogP contribution in [0.2, 0.25) is 0 Å². The number of nitrogens with zero attached hydrogens (tertiary/aromatic N) is 2. The first-order chi connectivity index (χ1) is 7.25. The van der Waals surface area contributed by atoms with Crippen LogP contribution < -0.4 is 5.32 Å². The SMILES string of the molecule is Cc1nnc(C(=O)Nc2ccccc2)o1. The molecule has 0 aliphatic rings. The molecule has 1 N–H and O–H groups in total. The number of carbonyl (C=O) groups is 1. The summed E-state index contributed by atoms with van der Waals surface area (Å²) in [6.45, 7) is 1.63. The van der Waals surface area contributed by atoms with Crippen LogP contribution in [0, 0.1) is 6.92 Å². The molecule has 2 aromatic rings. The van der Waals surface area contributed by atoms with E-state index in [1.807, 2.05) is 18.2 Å². The van der Waals surface area contributed by atoms with Crippen LogP contribution in [0.1, 0.15) is 16.6 Å². The van der Waals surface area contributed by atoms with Crippen molar-refractivity contribution in [3.8, 4) is 0 Å². The van der Waals surface area contributed by atoms with E-state index in [0.717, 1.165) is 0 Å². The molecule has 1 amide bonds. The van der Waals surface area contributed by atoms with Crippen molar-refractivity contribution in [3.63, 3.8) is 0 Å². The van der Waals surface area contributed by atoms with Crippen LogP contribution in [0.4, 0.5) is 5.69 Å². The van der Waals surface area contributed by atoms with Crippen LogP contribution in [0.15, 0.2) is 34.7 Å². The molecule has 1 aromatic carbocycles. The van der Waals surface area contributed by atoms with Crippen molar-refractivity contribution in [2.75, 3.05) is 5.32 Å². The van der Waals surface area contributed by atoms with Gasteiger partial charge in [-0.2, -0.15) is 0 Å². The lowest BCUT2D eigenvalue weighted by atomic mass is 10.3. The molecule has 0 atom stereocenters. The summed E-state index contributed by atoms with van der Waals surface area (Å²) in [7, 11) is 0. The van der Waals surface area contributed by atoms with Gasteiger partial charge >= 0.3 is 11.8 Å². The zero-order chi connectivity index (χ0) is 10.7. The molecule has 0 bridgehead atoms. The number of aromatic nitrogens is 2. The molecule has 15 heavy (non-hydrogen) atoms. The van der Waals surface area contributed by atoms with Crippen molar-refractivity contribution < 1.29 is 9.21 Å². The molecule has 0 aliphatic heterocycles. The Hall–Kier alpha value is -2.17. The first kappa shape index (κ1) is 9.39. The van der Waals surface area contributed by atoms with Crippen LogP contribution in [-0.4, -0.2) is 16.1 Å². The van der Waals surface area contributed by atoms with E-state index in [0.29, 0.717) is 11.6 Å². The number of nitrogens with one attached hydrogen (secondary N) is 1. The van der Waals surface area contributed by atoms with E-state index >= 15 is 0 Å². The number of hydrogen-bond acceptors (Lipinski definition) is 4. The second-order valence-electron chi connectivity index (χ2n) is 2.95. The van der Waals surface area contributed by atoms with E-state index in [1.165, 1.54) is 0 Å². The van der Waals surface area contributed by atoms with Gasteiger partial charge in [-0.15, -0.1) is 10.2 Å². The quantitative estimate of drug-likeness (QED) is 0.805. The molecule has 1 aromatic heterocycles. The summed E-state index contributed by atoms with van der Waals surface area (Å²) in [5.41, 5.74) is 0.693. The van der Waals surface area contributed by atoms with Crippen LogP contribution in [0.3, 0.4) is 0 Å². The minimum Gasteiger partial charge on any atom is -0.417 e. The van der Waals surface area contributed by atoms with Crippen molar-refractivity contribution >= 4 is 11.6 Å². The third-order valence-electron chi connectivity index (χ3n) is 1.75. The fourth-order valence-electron chi connectivity index (χ4n) is 1.09. The van der Waals surface area contributed by atoms with E-state index in [1.54, 1.807) is 19.1 Å². The molecule has 0 unspecified atom stereocenters. The van der Waals surface area contributed by atoms with Gasteiger partial charge in [-0.3, -0.25) is 4.79 Å². The third kappa shape index (κ3) is 2.19. The van der Waals surface area contributed by atoms with Gasteiger partial charge in [0.2, 0.25) is 5.89 Å². The smallest absolute Gasteiger partial charge is 0.313 e. The van der Waals surface area contributed by atoms with E-state index in [9.17, 15) is 4.79 Å². The highest BCUT2D eigenvalue weighted by Crippen LogP contribution is 2.07. The van der Waals surface area contributed by atoms with E-state index in [-0.39, 0.29) is 5.89 Å². The second-order valence-corrected chi connectivity index (χ2v) is 2.95. The summed E-state index contributed by atoms with van der Waals surface area (Å²) >= 11 is 0. The molecule has 1 heterocycles. The van der Waals surface area contributed by atoms with Crippen LogP contribution >= 0.6 is 0 Å². The van der Waals surface area contributed by atoms with Gasteiger partial charge in [0.25, 0.3) is 0 Å². The Morgan fingerprint density at radius 3 is 2.60 bits per heavy atom. The molecular formula is C10H9N3O2. The van der Waals surface area contributed by atoms with Crippen LogP contribution in [0.5, 0.6) is 0 Å². The maximum Gasteiger partial charge on any atom is 0.313 e. The standard InChI is InChI=1S/C10H9N3O2/c1-7-12-13-10(15-7)9(14)11-8-5-3-2-4-6-8/h2-6H,1H3,(H,11,14). The van der Waals surface area contributed by atoms with Gasteiger partial charge in [0, 0.05) is 12.6 Å². The van der Waals surface area contributed by atoms with Gasteiger partial charge < -0.3 is 9.73 Å². The Balaban J connectivity index is 2.11. The summed E-state index contributed by atoms with van der Waals surface area (Å²) in [6, 6.07) is 9.08. The predicted molar refractivity (Wildman–Crippen MR) is 53.4 cm³/mol. The molecule has 0 spiro atoms. The van der Waals surface area contributed by atoms with Crippen LogP contribution in [-0.2, 0) is 0 Å². The molecular weight excluding hydrogens is 194 g/mol. The monoisotopic (exact) mass is 203 g/mol. The third-order valence-corrected chi connectivity index (χ3v) is 1.75. The molecule has 0 aliphatic carbocycles.